The van der Waals surface area contributed by atoms with Crippen LogP contribution in [0.2, 0.25) is 5.02 Å². The van der Waals surface area contributed by atoms with Crippen molar-refractivity contribution in [1.29, 1.82) is 0 Å². The van der Waals surface area contributed by atoms with Crippen LogP contribution in [-0.4, -0.2) is 17.7 Å². The molecule has 0 aliphatic carbocycles. The van der Waals surface area contributed by atoms with Gasteiger partial charge in [0.15, 0.2) is 0 Å². The first-order valence-electron chi connectivity index (χ1n) is 6.46. The van der Waals surface area contributed by atoms with Crippen LogP contribution in [0.15, 0.2) is 24.3 Å². The highest BCUT2D eigenvalue weighted by Crippen LogP contribution is 2.38. The fourth-order valence-electron chi connectivity index (χ4n) is 2.42. The van der Waals surface area contributed by atoms with Gasteiger partial charge in [-0.15, -0.1) is 0 Å². The fourth-order valence-corrected chi connectivity index (χ4v) is 2.75. The summed E-state index contributed by atoms with van der Waals surface area (Å²) < 4.78 is 5.07. The van der Waals surface area contributed by atoms with Gasteiger partial charge in [0, 0.05) is 10.6 Å². The second kappa shape index (κ2) is 6.40. The number of ether oxygens (including phenoxy) is 1. The summed E-state index contributed by atoms with van der Waals surface area (Å²) in [4.78, 5) is 12.1. The monoisotopic (exact) mass is 284 g/mol. The van der Waals surface area contributed by atoms with Gasteiger partial charge in [-0.1, -0.05) is 43.6 Å². The largest absolute Gasteiger partial charge is 0.466 e. The Balaban J connectivity index is 3.20. The van der Waals surface area contributed by atoms with E-state index in [1.165, 1.54) is 0 Å². The summed E-state index contributed by atoms with van der Waals surface area (Å²) in [6.45, 7) is 7.41. The molecule has 1 aromatic carbocycles. The average molecular weight is 285 g/mol. The maximum atomic E-state index is 12.1. The van der Waals surface area contributed by atoms with Gasteiger partial charge in [0.05, 0.1) is 12.5 Å². The molecule has 0 bridgehead atoms. The lowest BCUT2D eigenvalue weighted by atomic mass is 9.76. The minimum absolute atomic E-state index is 0.0645. The Hall–Kier alpha value is -1.06. The van der Waals surface area contributed by atoms with Crippen LogP contribution in [0.5, 0.6) is 0 Å². The molecule has 0 spiro atoms. The molecule has 2 unspecified atom stereocenters. The van der Waals surface area contributed by atoms with Crippen LogP contribution in [0.4, 0.5) is 0 Å². The van der Waals surface area contributed by atoms with Gasteiger partial charge in [-0.05, 0) is 25.8 Å². The van der Waals surface area contributed by atoms with Gasteiger partial charge in [-0.2, -0.15) is 0 Å². The van der Waals surface area contributed by atoms with Crippen LogP contribution in [-0.2, 0) is 15.1 Å². The van der Waals surface area contributed by atoms with E-state index in [1.807, 2.05) is 13.8 Å². The third-order valence-electron chi connectivity index (χ3n) is 3.23. The molecule has 1 aromatic rings. The first kappa shape index (κ1) is 16.0. The molecular formula is C15H21ClO3. The number of esters is 1. The van der Waals surface area contributed by atoms with Crippen molar-refractivity contribution >= 4 is 17.6 Å². The Labute approximate surface area is 119 Å². The van der Waals surface area contributed by atoms with E-state index < -0.39 is 17.5 Å². The average Bonchev–Trinajstić information content (AvgIpc) is 2.28. The number of hydrogen-bond donors (Lipinski definition) is 1. The molecule has 0 aliphatic heterocycles. The molecule has 1 rings (SSSR count). The maximum absolute atomic E-state index is 12.1. The van der Waals surface area contributed by atoms with Gasteiger partial charge in [-0.3, -0.25) is 4.79 Å². The molecule has 0 aliphatic rings. The number of carbonyl (C=O) groups is 1. The van der Waals surface area contributed by atoms with Crippen LogP contribution in [0.1, 0.15) is 33.3 Å². The van der Waals surface area contributed by atoms with Crippen molar-refractivity contribution < 1.29 is 14.6 Å². The van der Waals surface area contributed by atoms with Crippen LogP contribution in [0.3, 0.4) is 0 Å². The highest BCUT2D eigenvalue weighted by atomic mass is 35.5. The van der Waals surface area contributed by atoms with E-state index in [4.69, 9.17) is 16.3 Å². The van der Waals surface area contributed by atoms with Crippen molar-refractivity contribution in [2.24, 2.45) is 11.8 Å². The molecule has 0 heterocycles. The molecule has 0 saturated carbocycles. The normalized spacial score (nSPS) is 15.9. The number of carbonyl (C=O) groups excluding carboxylic acids is 1. The van der Waals surface area contributed by atoms with E-state index in [0.29, 0.717) is 17.2 Å². The van der Waals surface area contributed by atoms with E-state index in [0.717, 1.165) is 0 Å². The number of hydrogen-bond acceptors (Lipinski definition) is 3. The molecule has 0 fully saturated rings. The molecule has 0 saturated heterocycles. The Morgan fingerprint density at radius 2 is 2.00 bits per heavy atom. The first-order chi connectivity index (χ1) is 8.82. The number of rotatable bonds is 5. The van der Waals surface area contributed by atoms with E-state index >= 15 is 0 Å². The van der Waals surface area contributed by atoms with E-state index in [1.54, 1.807) is 38.1 Å². The zero-order valence-corrected chi connectivity index (χ0v) is 12.6. The molecule has 0 radical (unpaired) electrons. The second-order valence-electron chi connectivity index (χ2n) is 5.10. The highest BCUT2D eigenvalue weighted by Gasteiger charge is 2.42. The summed E-state index contributed by atoms with van der Waals surface area (Å²) in [6, 6.07) is 7.01. The molecule has 0 amide bonds. The minimum atomic E-state index is -1.36. The predicted molar refractivity (Wildman–Crippen MR) is 76.0 cm³/mol. The predicted octanol–water partition coefficient (Wildman–Crippen LogP) is 3.38. The zero-order valence-electron chi connectivity index (χ0n) is 11.8. The summed E-state index contributed by atoms with van der Waals surface area (Å²) in [5.41, 5.74) is -0.818. The lowest BCUT2D eigenvalue weighted by molar-refractivity contribution is -0.161. The zero-order chi connectivity index (χ0) is 14.6. The number of aliphatic hydroxyl groups is 1. The lowest BCUT2D eigenvalue weighted by Gasteiger charge is -2.34. The molecule has 4 heteroatoms. The SMILES string of the molecule is CCOC(=O)C(C(C)C)C(C)(O)c1ccccc1Cl. The standard InChI is InChI=1S/C15H21ClO3/c1-5-19-14(17)13(10(2)3)15(4,18)11-8-6-7-9-12(11)16/h6-10,13,18H,5H2,1-4H3. The van der Waals surface area contributed by atoms with Crippen LogP contribution >= 0.6 is 11.6 Å². The van der Waals surface area contributed by atoms with Gasteiger partial charge in [0.25, 0.3) is 0 Å². The Kier molecular flexibility index (Phi) is 5.39. The van der Waals surface area contributed by atoms with Crippen LogP contribution in [0.25, 0.3) is 0 Å². The van der Waals surface area contributed by atoms with E-state index in [2.05, 4.69) is 0 Å². The Morgan fingerprint density at radius 3 is 2.47 bits per heavy atom. The van der Waals surface area contributed by atoms with Crippen molar-refractivity contribution in [3.05, 3.63) is 34.9 Å². The van der Waals surface area contributed by atoms with E-state index in [9.17, 15) is 9.90 Å². The van der Waals surface area contributed by atoms with E-state index in [-0.39, 0.29) is 5.92 Å². The Morgan fingerprint density at radius 1 is 1.42 bits per heavy atom. The second-order valence-corrected chi connectivity index (χ2v) is 5.51. The molecule has 0 aromatic heterocycles. The van der Waals surface area contributed by atoms with Crippen molar-refractivity contribution in [1.82, 2.24) is 0 Å². The summed E-state index contributed by atoms with van der Waals surface area (Å²) in [6.07, 6.45) is 0. The molecule has 2 atom stereocenters. The molecule has 19 heavy (non-hydrogen) atoms. The quantitative estimate of drug-likeness (QED) is 0.843. The topological polar surface area (TPSA) is 46.5 Å². The third-order valence-corrected chi connectivity index (χ3v) is 3.56. The summed E-state index contributed by atoms with van der Waals surface area (Å²) >= 11 is 6.13. The number of benzene rings is 1. The molecule has 3 nitrogen and oxygen atoms in total. The minimum Gasteiger partial charge on any atom is -0.466 e. The summed E-state index contributed by atoms with van der Waals surface area (Å²) in [7, 11) is 0. The fraction of sp³-hybridized carbons (Fsp3) is 0.533. The maximum Gasteiger partial charge on any atom is 0.312 e. The summed E-state index contributed by atoms with van der Waals surface area (Å²) in [5.74, 6) is -1.12. The molecule has 106 valence electrons. The third kappa shape index (κ3) is 3.48. The van der Waals surface area contributed by atoms with Crippen molar-refractivity contribution in [3.63, 3.8) is 0 Å². The van der Waals surface area contributed by atoms with Gasteiger partial charge in [-0.25, -0.2) is 0 Å². The molecular weight excluding hydrogens is 264 g/mol. The van der Waals surface area contributed by atoms with Crippen molar-refractivity contribution in [2.45, 2.75) is 33.3 Å². The molecule has 1 N–H and O–H groups in total. The van der Waals surface area contributed by atoms with Crippen molar-refractivity contribution in [3.8, 4) is 0 Å². The smallest absolute Gasteiger partial charge is 0.312 e. The highest BCUT2D eigenvalue weighted by molar-refractivity contribution is 6.31. The summed E-state index contributed by atoms with van der Waals surface area (Å²) in [5, 5.41) is 11.3. The number of halogens is 1. The van der Waals surface area contributed by atoms with Crippen molar-refractivity contribution in [2.75, 3.05) is 6.61 Å². The first-order valence-corrected chi connectivity index (χ1v) is 6.84. The van der Waals surface area contributed by atoms with Gasteiger partial charge in [0.2, 0.25) is 0 Å². The lowest BCUT2D eigenvalue weighted by Crippen LogP contribution is -2.41. The van der Waals surface area contributed by atoms with Gasteiger partial charge in [0.1, 0.15) is 5.60 Å². The Bertz CT molecular complexity index is 441. The van der Waals surface area contributed by atoms with Gasteiger partial charge >= 0.3 is 5.97 Å². The van der Waals surface area contributed by atoms with Crippen LogP contribution < -0.4 is 0 Å². The van der Waals surface area contributed by atoms with Gasteiger partial charge < -0.3 is 9.84 Å². The van der Waals surface area contributed by atoms with Crippen LogP contribution in [0, 0.1) is 11.8 Å².